The Morgan fingerprint density at radius 3 is 2.55 bits per heavy atom. The maximum Gasteiger partial charge on any atom is 0.254 e. The summed E-state index contributed by atoms with van der Waals surface area (Å²) in [6.45, 7) is 2.03. The van der Waals surface area contributed by atoms with E-state index < -0.39 is 0 Å². The van der Waals surface area contributed by atoms with Crippen LogP contribution in [0.2, 0.25) is 0 Å². The molecule has 1 amide bonds. The molecular weight excluding hydrogens is 392 g/mol. The molecule has 3 rings (SSSR count). The average molecular weight is 419 g/mol. The Bertz CT molecular complexity index is 1150. The van der Waals surface area contributed by atoms with Gasteiger partial charge in [0.2, 0.25) is 5.91 Å². The molecule has 31 heavy (non-hydrogen) atoms. The van der Waals surface area contributed by atoms with Crippen molar-refractivity contribution in [2.75, 3.05) is 5.73 Å². The van der Waals surface area contributed by atoms with Crippen LogP contribution < -0.4 is 22.3 Å². The van der Waals surface area contributed by atoms with Crippen molar-refractivity contribution < 1.29 is 4.79 Å². The predicted molar refractivity (Wildman–Crippen MR) is 121 cm³/mol. The maximum absolute atomic E-state index is 12.5. The molecule has 3 aromatic rings. The fourth-order valence-electron chi connectivity index (χ4n) is 3.29. The number of nitrogens with two attached hydrogens (primary N) is 2. The average Bonchev–Trinajstić information content (AvgIpc) is 2.73. The summed E-state index contributed by atoms with van der Waals surface area (Å²) in [6, 6.07) is 14.6. The molecule has 1 heterocycles. The van der Waals surface area contributed by atoms with Gasteiger partial charge in [-0.3, -0.25) is 15.0 Å². The van der Waals surface area contributed by atoms with Crippen molar-refractivity contribution in [1.82, 2.24) is 15.3 Å². The van der Waals surface area contributed by atoms with Gasteiger partial charge >= 0.3 is 0 Å². The number of benzene rings is 2. The molecule has 8 heteroatoms. The largest absolute Gasteiger partial charge is 0.399 e. The molecule has 0 saturated carbocycles. The lowest BCUT2D eigenvalue weighted by Crippen LogP contribution is -2.29. The van der Waals surface area contributed by atoms with E-state index in [-0.39, 0.29) is 23.7 Å². The lowest BCUT2D eigenvalue weighted by atomic mass is 10.0. The number of aryl methyl sites for hydroxylation is 3. The maximum atomic E-state index is 12.5. The molecule has 0 bridgehead atoms. The van der Waals surface area contributed by atoms with Crippen molar-refractivity contribution in [3.05, 3.63) is 92.7 Å². The topological polar surface area (TPSA) is 151 Å². The minimum absolute atomic E-state index is 0.00704. The van der Waals surface area contributed by atoms with Gasteiger partial charge < -0.3 is 21.8 Å². The number of amidine groups is 1. The number of nitrogens with one attached hydrogen (secondary N) is 3. The number of rotatable bonds is 8. The van der Waals surface area contributed by atoms with Crippen molar-refractivity contribution in [1.29, 1.82) is 5.41 Å². The molecule has 2 aromatic carbocycles. The molecule has 0 atom stereocenters. The number of aromatic amines is 1. The fraction of sp³-hybridized carbons (Fsp3) is 0.217. The van der Waals surface area contributed by atoms with Gasteiger partial charge in [0, 0.05) is 23.4 Å². The number of carbonyl (C=O) groups is 1. The minimum Gasteiger partial charge on any atom is -0.399 e. The highest BCUT2D eigenvalue weighted by Gasteiger charge is 2.15. The highest BCUT2D eigenvalue weighted by molar-refractivity contribution is 5.94. The molecule has 7 N–H and O–H groups in total. The van der Waals surface area contributed by atoms with E-state index in [0.29, 0.717) is 47.7 Å². The zero-order valence-corrected chi connectivity index (χ0v) is 17.4. The van der Waals surface area contributed by atoms with Gasteiger partial charge in [0.05, 0.1) is 12.1 Å². The zero-order chi connectivity index (χ0) is 22.4. The van der Waals surface area contributed by atoms with Gasteiger partial charge in [0.1, 0.15) is 11.7 Å². The first-order chi connectivity index (χ1) is 14.8. The van der Waals surface area contributed by atoms with Crippen molar-refractivity contribution in [3.63, 3.8) is 0 Å². The number of hydrogen-bond donors (Lipinski definition) is 5. The predicted octanol–water partition coefficient (Wildman–Crippen LogP) is 1.59. The smallest absolute Gasteiger partial charge is 0.254 e. The fourth-order valence-corrected chi connectivity index (χ4v) is 3.29. The molecule has 0 spiro atoms. The highest BCUT2D eigenvalue weighted by atomic mass is 16.2. The molecule has 8 nitrogen and oxygen atoms in total. The monoisotopic (exact) mass is 418 g/mol. The second-order valence-corrected chi connectivity index (χ2v) is 7.39. The number of carbonyl (C=O) groups excluding carboxylic acids is 1. The summed E-state index contributed by atoms with van der Waals surface area (Å²) in [4.78, 5) is 32.2. The van der Waals surface area contributed by atoms with E-state index in [0.717, 1.165) is 11.1 Å². The number of anilines is 1. The van der Waals surface area contributed by atoms with Crippen LogP contribution in [-0.2, 0) is 30.6 Å². The standard InChI is InChI=1S/C23H26N6O2/c1-14-28-20(10-7-15-3-2-4-18(24)11-15)19(23(31)29-14)12-21(30)27-13-16-5-8-17(9-6-16)22(25)26/h2-6,8-9,11H,7,10,12-13,24H2,1H3,(H3,25,26)(H,27,30)(H,28,29,31). The lowest BCUT2D eigenvalue weighted by Gasteiger charge is -2.10. The van der Waals surface area contributed by atoms with Gasteiger partial charge in [-0.2, -0.15) is 0 Å². The van der Waals surface area contributed by atoms with Gasteiger partial charge in [-0.25, -0.2) is 4.98 Å². The van der Waals surface area contributed by atoms with Crippen molar-refractivity contribution in [3.8, 4) is 0 Å². The number of nitrogen functional groups attached to an aromatic ring is 2. The van der Waals surface area contributed by atoms with Crippen molar-refractivity contribution >= 4 is 17.4 Å². The van der Waals surface area contributed by atoms with Crippen LogP contribution in [0, 0.1) is 12.3 Å². The third kappa shape index (κ3) is 6.02. The quantitative estimate of drug-likeness (QED) is 0.214. The van der Waals surface area contributed by atoms with E-state index in [1.807, 2.05) is 24.3 Å². The van der Waals surface area contributed by atoms with Crippen LogP contribution in [0.4, 0.5) is 5.69 Å². The SMILES string of the molecule is Cc1nc(CCc2cccc(N)c2)c(CC(=O)NCc2ccc(C(=N)N)cc2)c(=O)[nH]1. The first-order valence-electron chi connectivity index (χ1n) is 9.95. The van der Waals surface area contributed by atoms with Crippen molar-refractivity contribution in [2.24, 2.45) is 5.73 Å². The molecule has 0 saturated heterocycles. The summed E-state index contributed by atoms with van der Waals surface area (Å²) >= 11 is 0. The number of aromatic nitrogens is 2. The van der Waals surface area contributed by atoms with Crippen LogP contribution in [0.5, 0.6) is 0 Å². The van der Waals surface area contributed by atoms with Crippen LogP contribution in [0.25, 0.3) is 0 Å². The molecule has 0 fully saturated rings. The second-order valence-electron chi connectivity index (χ2n) is 7.39. The molecule has 0 aliphatic heterocycles. The van der Waals surface area contributed by atoms with Gasteiger partial charge in [-0.15, -0.1) is 0 Å². The van der Waals surface area contributed by atoms with E-state index in [2.05, 4.69) is 15.3 Å². The molecule has 0 unspecified atom stereocenters. The number of amides is 1. The molecule has 0 radical (unpaired) electrons. The third-order valence-electron chi connectivity index (χ3n) is 4.91. The van der Waals surface area contributed by atoms with Gasteiger partial charge in [0.15, 0.2) is 0 Å². The Morgan fingerprint density at radius 2 is 1.87 bits per heavy atom. The summed E-state index contributed by atoms with van der Waals surface area (Å²) in [5.74, 6) is 0.242. The van der Waals surface area contributed by atoms with Crippen LogP contribution >= 0.6 is 0 Å². The zero-order valence-electron chi connectivity index (χ0n) is 17.4. The summed E-state index contributed by atoms with van der Waals surface area (Å²) in [7, 11) is 0. The van der Waals surface area contributed by atoms with E-state index in [9.17, 15) is 9.59 Å². The molecule has 1 aromatic heterocycles. The Morgan fingerprint density at radius 1 is 1.13 bits per heavy atom. The van der Waals surface area contributed by atoms with Crippen LogP contribution in [0.1, 0.15) is 33.8 Å². The number of nitrogens with zero attached hydrogens (tertiary/aromatic N) is 1. The number of hydrogen-bond acceptors (Lipinski definition) is 5. The Hall–Kier alpha value is -3.94. The van der Waals surface area contributed by atoms with E-state index in [1.54, 1.807) is 31.2 Å². The van der Waals surface area contributed by atoms with Crippen LogP contribution in [0.3, 0.4) is 0 Å². The highest BCUT2D eigenvalue weighted by Crippen LogP contribution is 2.12. The van der Waals surface area contributed by atoms with E-state index in [4.69, 9.17) is 16.9 Å². The summed E-state index contributed by atoms with van der Waals surface area (Å²) < 4.78 is 0. The van der Waals surface area contributed by atoms with E-state index >= 15 is 0 Å². The minimum atomic E-state index is -0.295. The molecule has 160 valence electrons. The van der Waals surface area contributed by atoms with Crippen molar-refractivity contribution in [2.45, 2.75) is 32.7 Å². The van der Waals surface area contributed by atoms with Gasteiger partial charge in [0.25, 0.3) is 5.56 Å². The lowest BCUT2D eigenvalue weighted by molar-refractivity contribution is -0.120. The summed E-state index contributed by atoms with van der Waals surface area (Å²) in [5, 5.41) is 10.2. The molecule has 0 aliphatic rings. The Labute approximate surface area is 180 Å². The van der Waals surface area contributed by atoms with E-state index in [1.165, 1.54) is 0 Å². The first-order valence-corrected chi connectivity index (χ1v) is 9.95. The van der Waals surface area contributed by atoms with Gasteiger partial charge in [-0.1, -0.05) is 36.4 Å². The van der Waals surface area contributed by atoms with Gasteiger partial charge in [-0.05, 0) is 43.0 Å². The normalized spacial score (nSPS) is 10.6. The number of H-pyrrole nitrogens is 1. The third-order valence-corrected chi connectivity index (χ3v) is 4.91. The Kier molecular flexibility index (Phi) is 6.81. The van der Waals surface area contributed by atoms with Crippen LogP contribution in [0.15, 0.2) is 53.3 Å². The summed E-state index contributed by atoms with van der Waals surface area (Å²) in [6.07, 6.45) is 1.14. The molecular formula is C23H26N6O2. The van der Waals surface area contributed by atoms with Crippen LogP contribution in [-0.4, -0.2) is 21.7 Å². The summed E-state index contributed by atoms with van der Waals surface area (Å²) in [5.41, 5.74) is 15.2. The first kappa shape index (κ1) is 21.8. The molecule has 0 aliphatic carbocycles. The Balaban J connectivity index is 1.67. The second kappa shape index (κ2) is 9.71.